The number of carbonyl (C=O) groups excluding carboxylic acids is 1. The Morgan fingerprint density at radius 3 is 2.50 bits per heavy atom. The molecule has 0 atom stereocenters. The number of benzene rings is 1. The molecule has 0 aromatic heterocycles. The topological polar surface area (TPSA) is 44.4 Å². The van der Waals surface area contributed by atoms with Gasteiger partial charge in [-0.15, -0.1) is 0 Å². The number of anilines is 2. The maximum absolute atomic E-state index is 13.4. The fraction of sp³-hybridized carbons (Fsp3) is 0.588. The average molecular weight is 341 g/mol. The van der Waals surface area contributed by atoms with Crippen LogP contribution in [0.5, 0.6) is 0 Å². The Bertz CT molecular complexity index is 584. The third-order valence-electron chi connectivity index (χ3n) is 4.53. The Balaban J connectivity index is 1.57. The number of carbonyl (C=O) groups is 1. The molecule has 24 heavy (non-hydrogen) atoms. The van der Waals surface area contributed by atoms with E-state index in [9.17, 15) is 18.0 Å². The van der Waals surface area contributed by atoms with Crippen molar-refractivity contribution in [2.75, 3.05) is 30.3 Å². The first-order valence-electron chi connectivity index (χ1n) is 8.38. The zero-order chi connectivity index (χ0) is 17.1. The lowest BCUT2D eigenvalue weighted by atomic mass is 9.95. The summed E-state index contributed by atoms with van der Waals surface area (Å²) < 4.78 is 38.2. The van der Waals surface area contributed by atoms with Crippen molar-refractivity contribution in [1.82, 2.24) is 4.90 Å². The molecule has 4 nitrogen and oxygen atoms in total. The smallest absolute Gasteiger partial charge is 0.251 e. The second-order valence-electron chi connectivity index (χ2n) is 6.56. The highest BCUT2D eigenvalue weighted by atomic mass is 19.3. The molecule has 132 valence electrons. The Morgan fingerprint density at radius 2 is 1.88 bits per heavy atom. The van der Waals surface area contributed by atoms with E-state index in [0.29, 0.717) is 43.3 Å². The number of piperidine rings is 1. The summed E-state index contributed by atoms with van der Waals surface area (Å²) >= 11 is 0. The van der Waals surface area contributed by atoms with Gasteiger partial charge in [-0.1, -0.05) is 0 Å². The molecule has 0 bridgehead atoms. The van der Waals surface area contributed by atoms with Gasteiger partial charge in [0, 0.05) is 12.0 Å². The van der Waals surface area contributed by atoms with Gasteiger partial charge in [0.2, 0.25) is 5.91 Å². The highest BCUT2D eigenvalue weighted by Crippen LogP contribution is 2.31. The summed E-state index contributed by atoms with van der Waals surface area (Å²) in [5, 5.41) is 6.08. The molecule has 1 aromatic carbocycles. The second-order valence-corrected chi connectivity index (χ2v) is 6.56. The summed E-state index contributed by atoms with van der Waals surface area (Å²) in [6.45, 7) is 0.764. The Morgan fingerprint density at radius 1 is 1.17 bits per heavy atom. The van der Waals surface area contributed by atoms with Crippen LogP contribution in [0, 0.1) is 11.7 Å². The van der Waals surface area contributed by atoms with Crippen molar-refractivity contribution in [2.24, 2.45) is 5.92 Å². The minimum absolute atomic E-state index is 0.128. The summed E-state index contributed by atoms with van der Waals surface area (Å²) in [5.74, 6) is -0.675. The minimum Gasteiger partial charge on any atom is -0.381 e. The van der Waals surface area contributed by atoms with E-state index in [0.717, 1.165) is 12.8 Å². The summed E-state index contributed by atoms with van der Waals surface area (Å²) in [5.41, 5.74) is 1.17. The molecule has 2 aliphatic rings. The van der Waals surface area contributed by atoms with Crippen molar-refractivity contribution in [2.45, 2.75) is 38.2 Å². The number of hydrogen-bond donors (Lipinski definition) is 2. The van der Waals surface area contributed by atoms with Crippen LogP contribution in [0.15, 0.2) is 18.2 Å². The largest absolute Gasteiger partial charge is 0.381 e. The van der Waals surface area contributed by atoms with E-state index in [1.807, 2.05) is 0 Å². The van der Waals surface area contributed by atoms with E-state index in [1.165, 1.54) is 12.1 Å². The third kappa shape index (κ3) is 4.63. The molecular formula is C17H22F3N3O. The third-order valence-corrected chi connectivity index (χ3v) is 4.53. The van der Waals surface area contributed by atoms with E-state index in [2.05, 4.69) is 10.6 Å². The van der Waals surface area contributed by atoms with Crippen LogP contribution < -0.4 is 10.6 Å². The van der Waals surface area contributed by atoms with Crippen LogP contribution in [0.3, 0.4) is 0 Å². The number of nitrogens with one attached hydrogen (secondary N) is 2. The fourth-order valence-corrected chi connectivity index (χ4v) is 3.00. The first kappa shape index (κ1) is 17.1. The summed E-state index contributed by atoms with van der Waals surface area (Å²) in [7, 11) is 0. The van der Waals surface area contributed by atoms with Crippen molar-refractivity contribution in [3.63, 3.8) is 0 Å². The molecule has 3 rings (SSSR count). The molecule has 1 saturated carbocycles. The van der Waals surface area contributed by atoms with Crippen LogP contribution in [0.1, 0.15) is 25.7 Å². The van der Waals surface area contributed by atoms with E-state index >= 15 is 0 Å². The summed E-state index contributed by atoms with van der Waals surface area (Å²) in [6, 6.07) is 4.61. The van der Waals surface area contributed by atoms with Crippen molar-refractivity contribution in [3.8, 4) is 0 Å². The zero-order valence-electron chi connectivity index (χ0n) is 13.4. The van der Waals surface area contributed by atoms with Gasteiger partial charge >= 0.3 is 0 Å². The number of alkyl halides is 2. The van der Waals surface area contributed by atoms with Crippen LogP contribution in [0.25, 0.3) is 0 Å². The maximum atomic E-state index is 13.4. The molecule has 0 spiro atoms. The lowest BCUT2D eigenvalue weighted by molar-refractivity contribution is -0.121. The lowest BCUT2D eigenvalue weighted by Crippen LogP contribution is -2.40. The number of rotatable bonds is 6. The molecular weight excluding hydrogens is 319 g/mol. The number of likely N-dealkylation sites (tertiary alicyclic amines) is 1. The molecule has 1 aliphatic heterocycles. The molecule has 1 saturated heterocycles. The molecule has 0 unspecified atom stereocenters. The monoisotopic (exact) mass is 341 g/mol. The highest BCUT2D eigenvalue weighted by molar-refractivity contribution is 5.95. The standard InChI is InChI=1S/C17H22F3N3O/c18-12-1-4-14(15(9-12)21-13-2-3-13)22-17(24)11-5-7-23(8-6-11)10-16(19)20/h1,4,9,11,13,16,21H,2-3,5-8,10H2,(H,22,24). The van der Waals surface area contributed by atoms with E-state index in [4.69, 9.17) is 0 Å². The number of halogens is 3. The van der Waals surface area contributed by atoms with Crippen LogP contribution in [-0.2, 0) is 4.79 Å². The molecule has 7 heteroatoms. The molecule has 1 heterocycles. The van der Waals surface area contributed by atoms with Gasteiger partial charge in [-0.25, -0.2) is 13.2 Å². The summed E-state index contributed by atoms with van der Waals surface area (Å²) in [4.78, 5) is 14.1. The van der Waals surface area contributed by atoms with Crippen LogP contribution in [0.4, 0.5) is 24.5 Å². The SMILES string of the molecule is O=C(Nc1ccc(F)cc1NC1CC1)C1CCN(CC(F)F)CC1. The zero-order valence-corrected chi connectivity index (χ0v) is 13.4. The van der Waals surface area contributed by atoms with E-state index in [-0.39, 0.29) is 24.2 Å². The van der Waals surface area contributed by atoms with E-state index in [1.54, 1.807) is 11.0 Å². The van der Waals surface area contributed by atoms with Crippen molar-refractivity contribution < 1.29 is 18.0 Å². The maximum Gasteiger partial charge on any atom is 0.251 e. The van der Waals surface area contributed by atoms with Gasteiger partial charge in [0.25, 0.3) is 6.43 Å². The van der Waals surface area contributed by atoms with Gasteiger partial charge in [0.15, 0.2) is 0 Å². The molecule has 1 aliphatic carbocycles. The minimum atomic E-state index is -2.34. The van der Waals surface area contributed by atoms with Crippen LogP contribution >= 0.6 is 0 Å². The normalized spacial score (nSPS) is 19.5. The predicted octanol–water partition coefficient (Wildman–Crippen LogP) is 3.32. The van der Waals surface area contributed by atoms with Gasteiger partial charge < -0.3 is 10.6 Å². The number of nitrogens with zero attached hydrogens (tertiary/aromatic N) is 1. The lowest BCUT2D eigenvalue weighted by Gasteiger charge is -2.31. The molecule has 1 aromatic rings. The quantitative estimate of drug-likeness (QED) is 0.834. The van der Waals surface area contributed by atoms with Gasteiger partial charge in [0.1, 0.15) is 5.82 Å². The van der Waals surface area contributed by atoms with Crippen molar-refractivity contribution in [1.29, 1.82) is 0 Å². The Labute approximate surface area is 139 Å². The van der Waals surface area contributed by atoms with Gasteiger partial charge in [-0.05, 0) is 57.0 Å². The van der Waals surface area contributed by atoms with Gasteiger partial charge in [0.05, 0.1) is 17.9 Å². The van der Waals surface area contributed by atoms with Crippen molar-refractivity contribution >= 4 is 17.3 Å². The summed E-state index contributed by atoms with van der Waals surface area (Å²) in [6.07, 6.45) is 0.876. The first-order chi connectivity index (χ1) is 11.5. The highest BCUT2D eigenvalue weighted by Gasteiger charge is 2.27. The molecule has 0 radical (unpaired) electrons. The van der Waals surface area contributed by atoms with Gasteiger partial charge in [-0.3, -0.25) is 9.69 Å². The van der Waals surface area contributed by atoms with Crippen LogP contribution in [-0.4, -0.2) is 42.9 Å². The average Bonchev–Trinajstić information content (AvgIpc) is 3.34. The van der Waals surface area contributed by atoms with Crippen LogP contribution in [0.2, 0.25) is 0 Å². The van der Waals surface area contributed by atoms with Gasteiger partial charge in [-0.2, -0.15) is 0 Å². The number of hydrogen-bond acceptors (Lipinski definition) is 3. The molecule has 2 N–H and O–H groups in total. The fourth-order valence-electron chi connectivity index (χ4n) is 3.00. The Hall–Kier alpha value is -1.76. The predicted molar refractivity (Wildman–Crippen MR) is 86.8 cm³/mol. The number of amides is 1. The molecule has 2 fully saturated rings. The van der Waals surface area contributed by atoms with Crippen molar-refractivity contribution in [3.05, 3.63) is 24.0 Å². The molecule has 1 amide bonds. The first-order valence-corrected chi connectivity index (χ1v) is 8.38. The second kappa shape index (κ2) is 7.42. The van der Waals surface area contributed by atoms with E-state index < -0.39 is 6.43 Å². The Kier molecular flexibility index (Phi) is 5.28.